The molecule has 0 aromatic heterocycles. The van der Waals surface area contributed by atoms with Crippen molar-refractivity contribution in [2.24, 2.45) is 0 Å². The van der Waals surface area contributed by atoms with Crippen LogP contribution in [0.15, 0.2) is 18.2 Å². The molecule has 3 heteroatoms. The third kappa shape index (κ3) is 2.29. The van der Waals surface area contributed by atoms with Gasteiger partial charge in [0.05, 0.1) is 6.04 Å². The van der Waals surface area contributed by atoms with Crippen LogP contribution < -0.4 is 5.32 Å². The van der Waals surface area contributed by atoms with Crippen LogP contribution in [0.25, 0.3) is 0 Å². The van der Waals surface area contributed by atoms with Crippen LogP contribution in [0.4, 0.5) is 8.78 Å². The average molecular weight is 198 g/mol. The molecule has 0 unspecified atom stereocenters. The van der Waals surface area contributed by atoms with Crippen molar-refractivity contribution in [3.8, 4) is 0 Å². The quantitative estimate of drug-likeness (QED) is 0.706. The van der Waals surface area contributed by atoms with E-state index in [1.807, 2.05) is 6.92 Å². The van der Waals surface area contributed by atoms with Crippen molar-refractivity contribution in [2.45, 2.75) is 25.8 Å². The topological polar surface area (TPSA) is 14.1 Å². The van der Waals surface area contributed by atoms with Gasteiger partial charge < -0.3 is 0 Å². The van der Waals surface area contributed by atoms with Crippen LogP contribution in [-0.4, -0.2) is 7.05 Å². The maximum absolute atomic E-state index is 13.3. The van der Waals surface area contributed by atoms with Gasteiger partial charge in [-0.25, -0.2) is 14.1 Å². The molecule has 77 valence electrons. The summed E-state index contributed by atoms with van der Waals surface area (Å²) in [5.41, 5.74) is 0.0943. The van der Waals surface area contributed by atoms with Gasteiger partial charge in [-0.3, -0.25) is 0 Å². The van der Waals surface area contributed by atoms with E-state index in [-0.39, 0.29) is 11.6 Å². The zero-order valence-electron chi connectivity index (χ0n) is 8.43. The molecule has 0 fully saturated rings. The monoisotopic (exact) mass is 198 g/mol. The Balaban J connectivity index is 3.02. The highest BCUT2D eigenvalue weighted by Gasteiger charge is 2.18. The number of benzene rings is 1. The molecule has 0 aliphatic carbocycles. The molecule has 0 amide bonds. The maximum Gasteiger partial charge on any atom is 0.130 e. The summed E-state index contributed by atoms with van der Waals surface area (Å²) in [6, 6.07) is 3.55. The molecule has 14 heavy (non-hydrogen) atoms. The molecule has 1 aromatic carbocycles. The lowest BCUT2D eigenvalue weighted by atomic mass is 10.0. The first kappa shape index (κ1) is 11.1. The minimum Gasteiger partial charge on any atom is -0.237 e. The molecule has 0 aliphatic heterocycles. The minimum absolute atomic E-state index is 0.0943. The molecule has 0 N–H and O–H groups in total. The normalized spacial score (nSPS) is 12.9. The van der Waals surface area contributed by atoms with Crippen molar-refractivity contribution >= 4 is 0 Å². The van der Waals surface area contributed by atoms with Gasteiger partial charge in [-0.05, 0) is 18.6 Å². The Hall–Kier alpha value is -0.960. The van der Waals surface area contributed by atoms with E-state index < -0.39 is 11.6 Å². The van der Waals surface area contributed by atoms with Crippen molar-refractivity contribution in [3.63, 3.8) is 0 Å². The van der Waals surface area contributed by atoms with Crippen molar-refractivity contribution in [2.75, 3.05) is 7.05 Å². The van der Waals surface area contributed by atoms with Gasteiger partial charge in [0.15, 0.2) is 0 Å². The van der Waals surface area contributed by atoms with Gasteiger partial charge >= 0.3 is 0 Å². The second-order valence-electron chi connectivity index (χ2n) is 3.20. The lowest BCUT2D eigenvalue weighted by molar-refractivity contribution is 0.463. The highest BCUT2D eigenvalue weighted by atomic mass is 19.1. The first-order valence-corrected chi connectivity index (χ1v) is 4.73. The Labute approximate surface area is 83.1 Å². The van der Waals surface area contributed by atoms with E-state index >= 15 is 0 Å². The molecule has 0 spiro atoms. The Morgan fingerprint density at radius 3 is 2.29 bits per heavy atom. The predicted molar refractivity (Wildman–Crippen MR) is 52.1 cm³/mol. The Morgan fingerprint density at radius 1 is 1.29 bits per heavy atom. The number of hydrogen-bond donors (Lipinski definition) is 0. The Kier molecular flexibility index (Phi) is 4.01. The van der Waals surface area contributed by atoms with Gasteiger partial charge in [-0.15, -0.1) is 0 Å². The molecule has 1 atom stereocenters. The van der Waals surface area contributed by atoms with Crippen LogP contribution >= 0.6 is 0 Å². The summed E-state index contributed by atoms with van der Waals surface area (Å²) in [6.07, 6.45) is 1.53. The van der Waals surface area contributed by atoms with E-state index in [0.717, 1.165) is 6.42 Å². The molecule has 1 nitrogen and oxygen atoms in total. The zero-order valence-corrected chi connectivity index (χ0v) is 8.43. The van der Waals surface area contributed by atoms with E-state index in [1.165, 1.54) is 18.2 Å². The lowest BCUT2D eigenvalue weighted by Crippen LogP contribution is -2.13. The second kappa shape index (κ2) is 5.05. The zero-order chi connectivity index (χ0) is 10.6. The Morgan fingerprint density at radius 2 is 1.86 bits per heavy atom. The SMILES string of the molecule is CCC[C@@H]([N]C)c1c(F)cccc1F. The smallest absolute Gasteiger partial charge is 0.130 e. The van der Waals surface area contributed by atoms with Crippen molar-refractivity contribution < 1.29 is 8.78 Å². The standard InChI is InChI=1S/C11H14F2N/c1-3-5-10(14-2)11-8(12)6-4-7-9(11)13/h4,6-7,10H,3,5H2,1-2H3/t10-/m1/s1. The number of nitrogens with zero attached hydrogens (tertiary/aromatic N) is 1. The molecule has 1 aromatic rings. The molecule has 1 radical (unpaired) electrons. The number of hydrogen-bond acceptors (Lipinski definition) is 0. The fraction of sp³-hybridized carbons (Fsp3) is 0.455. The third-order valence-corrected chi connectivity index (χ3v) is 2.21. The predicted octanol–water partition coefficient (Wildman–Crippen LogP) is 3.04. The number of rotatable bonds is 4. The summed E-state index contributed by atoms with van der Waals surface area (Å²) in [5.74, 6) is -1.01. The largest absolute Gasteiger partial charge is 0.237 e. The highest BCUT2D eigenvalue weighted by molar-refractivity contribution is 5.23. The molecule has 0 aliphatic rings. The lowest BCUT2D eigenvalue weighted by Gasteiger charge is -2.15. The van der Waals surface area contributed by atoms with E-state index in [2.05, 4.69) is 5.32 Å². The van der Waals surface area contributed by atoms with Crippen molar-refractivity contribution in [1.82, 2.24) is 5.32 Å². The van der Waals surface area contributed by atoms with Crippen LogP contribution in [0.3, 0.4) is 0 Å². The van der Waals surface area contributed by atoms with Gasteiger partial charge in [-0.1, -0.05) is 19.4 Å². The summed E-state index contributed by atoms with van der Waals surface area (Å²) in [6.45, 7) is 1.97. The molecule has 0 bridgehead atoms. The van der Waals surface area contributed by atoms with E-state index in [1.54, 1.807) is 7.05 Å². The molecule has 0 saturated heterocycles. The van der Waals surface area contributed by atoms with Gasteiger partial charge in [-0.2, -0.15) is 0 Å². The summed E-state index contributed by atoms with van der Waals surface area (Å²) in [5, 5.41) is 3.99. The van der Waals surface area contributed by atoms with Crippen LogP contribution in [0.1, 0.15) is 31.4 Å². The fourth-order valence-corrected chi connectivity index (χ4v) is 1.51. The average Bonchev–Trinajstić information content (AvgIpc) is 2.16. The van der Waals surface area contributed by atoms with E-state index in [4.69, 9.17) is 0 Å². The molecule has 0 saturated carbocycles. The van der Waals surface area contributed by atoms with Crippen LogP contribution in [0, 0.1) is 11.6 Å². The van der Waals surface area contributed by atoms with Crippen molar-refractivity contribution in [3.05, 3.63) is 35.4 Å². The fourth-order valence-electron chi connectivity index (χ4n) is 1.51. The summed E-state index contributed by atoms with van der Waals surface area (Å²) in [7, 11) is 1.59. The molecular formula is C11H14F2N. The minimum atomic E-state index is -0.506. The number of halogens is 2. The molecule has 0 heterocycles. The summed E-state index contributed by atoms with van der Waals surface area (Å²) in [4.78, 5) is 0. The van der Waals surface area contributed by atoms with Crippen LogP contribution in [-0.2, 0) is 0 Å². The van der Waals surface area contributed by atoms with Gasteiger partial charge in [0.25, 0.3) is 0 Å². The van der Waals surface area contributed by atoms with Crippen LogP contribution in [0.5, 0.6) is 0 Å². The molecule has 1 rings (SSSR count). The van der Waals surface area contributed by atoms with Gasteiger partial charge in [0.2, 0.25) is 0 Å². The third-order valence-electron chi connectivity index (χ3n) is 2.21. The summed E-state index contributed by atoms with van der Waals surface area (Å²) < 4.78 is 26.6. The second-order valence-corrected chi connectivity index (χ2v) is 3.20. The van der Waals surface area contributed by atoms with Gasteiger partial charge in [0, 0.05) is 12.6 Å². The van der Waals surface area contributed by atoms with Crippen LogP contribution in [0.2, 0.25) is 0 Å². The van der Waals surface area contributed by atoms with Crippen molar-refractivity contribution in [1.29, 1.82) is 0 Å². The summed E-state index contributed by atoms with van der Waals surface area (Å²) >= 11 is 0. The maximum atomic E-state index is 13.3. The van der Waals surface area contributed by atoms with Gasteiger partial charge in [0.1, 0.15) is 11.6 Å². The Bertz CT molecular complexity index is 279. The first-order valence-electron chi connectivity index (χ1n) is 4.73. The highest BCUT2D eigenvalue weighted by Crippen LogP contribution is 2.24. The van der Waals surface area contributed by atoms with E-state index in [9.17, 15) is 8.78 Å². The first-order chi connectivity index (χ1) is 6.70. The molecular weight excluding hydrogens is 184 g/mol. The van der Waals surface area contributed by atoms with E-state index in [0.29, 0.717) is 6.42 Å².